The third-order valence-electron chi connectivity index (χ3n) is 2.79. The van der Waals surface area contributed by atoms with Crippen molar-refractivity contribution in [3.63, 3.8) is 0 Å². The standard InChI is InChI=1S/C12H12ClFN2O2S/c1-19-12-9(8(17)5-15-12)11(18)16-7-4-2-3-6(13)10(7)14/h2-4,8-9,17H,5H2,1H3,(H,16,18). The number of nitrogens with zero attached hydrogens (tertiary/aromatic N) is 1. The van der Waals surface area contributed by atoms with Crippen LogP contribution in [0.3, 0.4) is 0 Å². The van der Waals surface area contributed by atoms with Crippen LogP contribution in [0.4, 0.5) is 10.1 Å². The van der Waals surface area contributed by atoms with E-state index in [1.807, 2.05) is 0 Å². The number of halogens is 2. The highest BCUT2D eigenvalue weighted by atomic mass is 35.5. The number of carbonyl (C=O) groups is 1. The van der Waals surface area contributed by atoms with Crippen LogP contribution in [0.5, 0.6) is 0 Å². The van der Waals surface area contributed by atoms with E-state index in [4.69, 9.17) is 11.6 Å². The van der Waals surface area contributed by atoms with Crippen LogP contribution in [0.1, 0.15) is 0 Å². The fraction of sp³-hybridized carbons (Fsp3) is 0.333. The van der Waals surface area contributed by atoms with Gasteiger partial charge in [-0.2, -0.15) is 0 Å². The van der Waals surface area contributed by atoms with Gasteiger partial charge in [0, 0.05) is 0 Å². The zero-order chi connectivity index (χ0) is 14.0. The van der Waals surface area contributed by atoms with Gasteiger partial charge in [-0.1, -0.05) is 17.7 Å². The summed E-state index contributed by atoms with van der Waals surface area (Å²) in [5.74, 6) is -1.93. The average molecular weight is 303 g/mol. The number of thioether (sulfide) groups is 1. The van der Waals surface area contributed by atoms with Gasteiger partial charge in [0.25, 0.3) is 0 Å². The van der Waals surface area contributed by atoms with Gasteiger partial charge in [-0.15, -0.1) is 11.8 Å². The lowest BCUT2D eigenvalue weighted by Gasteiger charge is -2.16. The van der Waals surface area contributed by atoms with Gasteiger partial charge in [-0.05, 0) is 18.4 Å². The van der Waals surface area contributed by atoms with E-state index in [2.05, 4.69) is 10.3 Å². The van der Waals surface area contributed by atoms with E-state index in [1.165, 1.54) is 30.0 Å². The van der Waals surface area contributed by atoms with Gasteiger partial charge >= 0.3 is 0 Å². The number of hydrogen-bond donors (Lipinski definition) is 2. The topological polar surface area (TPSA) is 61.7 Å². The Balaban J connectivity index is 2.17. The Hall–Kier alpha value is -1.11. The second-order valence-corrected chi connectivity index (χ2v) is 5.25. The van der Waals surface area contributed by atoms with Crippen molar-refractivity contribution in [2.24, 2.45) is 10.9 Å². The zero-order valence-corrected chi connectivity index (χ0v) is 11.6. The molecule has 0 radical (unpaired) electrons. The number of nitrogens with one attached hydrogen (secondary N) is 1. The summed E-state index contributed by atoms with van der Waals surface area (Å²) in [5, 5.41) is 12.7. The van der Waals surface area contributed by atoms with Gasteiger partial charge in [-0.3, -0.25) is 9.79 Å². The third kappa shape index (κ3) is 2.91. The van der Waals surface area contributed by atoms with Gasteiger partial charge < -0.3 is 10.4 Å². The maximum absolute atomic E-state index is 13.7. The molecule has 1 aliphatic heterocycles. The van der Waals surface area contributed by atoms with Gasteiger partial charge in [0.15, 0.2) is 5.82 Å². The molecule has 0 aromatic heterocycles. The predicted molar refractivity (Wildman–Crippen MR) is 75.4 cm³/mol. The Morgan fingerprint density at radius 3 is 3.05 bits per heavy atom. The number of aliphatic hydroxyl groups is 1. The molecule has 1 aromatic rings. The largest absolute Gasteiger partial charge is 0.390 e. The Morgan fingerprint density at radius 1 is 1.63 bits per heavy atom. The lowest BCUT2D eigenvalue weighted by atomic mass is 10.1. The molecule has 1 aliphatic rings. The minimum absolute atomic E-state index is 0.00273. The minimum Gasteiger partial charge on any atom is -0.390 e. The van der Waals surface area contributed by atoms with Crippen LogP contribution in [0.25, 0.3) is 0 Å². The molecular weight excluding hydrogens is 291 g/mol. The van der Waals surface area contributed by atoms with Crippen molar-refractivity contribution in [3.8, 4) is 0 Å². The van der Waals surface area contributed by atoms with E-state index < -0.39 is 23.7 Å². The highest BCUT2D eigenvalue weighted by molar-refractivity contribution is 8.13. The van der Waals surface area contributed by atoms with Crippen LogP contribution in [0, 0.1) is 11.7 Å². The SMILES string of the molecule is CSC1=NCC(O)C1C(=O)Nc1cccc(Cl)c1F. The molecule has 2 unspecified atom stereocenters. The number of hydrogen-bond acceptors (Lipinski definition) is 4. The van der Waals surface area contributed by atoms with Crippen molar-refractivity contribution in [3.05, 3.63) is 29.0 Å². The number of benzene rings is 1. The van der Waals surface area contributed by atoms with Crippen LogP contribution in [-0.2, 0) is 4.79 Å². The first-order chi connectivity index (χ1) is 9.04. The van der Waals surface area contributed by atoms with Crippen molar-refractivity contribution in [1.29, 1.82) is 0 Å². The Bertz CT molecular complexity index is 538. The molecule has 0 saturated carbocycles. The van der Waals surface area contributed by atoms with E-state index >= 15 is 0 Å². The predicted octanol–water partition coefficient (Wildman–Crippen LogP) is 2.17. The second kappa shape index (κ2) is 5.90. The van der Waals surface area contributed by atoms with Crippen LogP contribution in [0.15, 0.2) is 23.2 Å². The maximum atomic E-state index is 13.7. The Kier molecular flexibility index (Phi) is 4.44. The highest BCUT2D eigenvalue weighted by Crippen LogP contribution is 2.26. The molecular formula is C12H12ClFN2O2S. The van der Waals surface area contributed by atoms with Crippen molar-refractivity contribution < 1.29 is 14.3 Å². The van der Waals surface area contributed by atoms with Crippen LogP contribution in [-0.4, -0.2) is 35.0 Å². The van der Waals surface area contributed by atoms with Crippen LogP contribution < -0.4 is 5.32 Å². The minimum atomic E-state index is -0.871. The average Bonchev–Trinajstić information content (AvgIpc) is 2.76. The first kappa shape index (κ1) is 14.3. The first-order valence-corrected chi connectivity index (χ1v) is 7.16. The monoisotopic (exact) mass is 302 g/mol. The fourth-order valence-corrected chi connectivity index (χ4v) is 2.74. The van der Waals surface area contributed by atoms with Crippen LogP contribution >= 0.6 is 23.4 Å². The van der Waals surface area contributed by atoms with Gasteiger partial charge in [0.2, 0.25) is 5.91 Å². The second-order valence-electron chi connectivity index (χ2n) is 4.02. The van der Waals surface area contributed by atoms with Gasteiger partial charge in [-0.25, -0.2) is 4.39 Å². The molecule has 1 amide bonds. The van der Waals surface area contributed by atoms with E-state index in [-0.39, 0.29) is 17.3 Å². The molecule has 2 rings (SSSR count). The molecule has 0 fully saturated rings. The quantitative estimate of drug-likeness (QED) is 0.880. The summed E-state index contributed by atoms with van der Waals surface area (Å²) in [4.78, 5) is 16.2. The van der Waals surface area contributed by atoms with Crippen molar-refractivity contribution in [2.45, 2.75) is 6.10 Å². The summed E-state index contributed by atoms with van der Waals surface area (Å²) >= 11 is 6.94. The summed E-state index contributed by atoms with van der Waals surface area (Å²) in [5.41, 5.74) is -0.00273. The third-order valence-corrected chi connectivity index (χ3v) is 3.88. The normalized spacial score (nSPS) is 22.2. The molecule has 0 spiro atoms. The van der Waals surface area contributed by atoms with Crippen LogP contribution in [0.2, 0.25) is 5.02 Å². The molecule has 2 N–H and O–H groups in total. The number of rotatable bonds is 2. The summed E-state index contributed by atoms with van der Waals surface area (Å²) in [6.07, 6.45) is 0.904. The molecule has 7 heteroatoms. The molecule has 0 aliphatic carbocycles. The van der Waals surface area contributed by atoms with E-state index in [9.17, 15) is 14.3 Å². The number of carbonyl (C=O) groups excluding carboxylic acids is 1. The first-order valence-electron chi connectivity index (χ1n) is 5.56. The maximum Gasteiger partial charge on any atom is 0.236 e. The zero-order valence-electron chi connectivity index (χ0n) is 10.1. The Labute approximate surface area is 119 Å². The summed E-state index contributed by atoms with van der Waals surface area (Å²) in [6.45, 7) is 0.187. The number of aliphatic hydroxyl groups excluding tert-OH is 1. The number of aliphatic imine (C=N–C) groups is 1. The smallest absolute Gasteiger partial charge is 0.236 e. The summed E-state index contributed by atoms with van der Waals surface area (Å²) < 4.78 is 13.7. The van der Waals surface area contributed by atoms with Crippen molar-refractivity contribution in [1.82, 2.24) is 0 Å². The molecule has 19 heavy (non-hydrogen) atoms. The molecule has 1 aromatic carbocycles. The highest BCUT2D eigenvalue weighted by Gasteiger charge is 2.36. The van der Waals surface area contributed by atoms with Crippen molar-refractivity contribution in [2.75, 3.05) is 18.1 Å². The lowest BCUT2D eigenvalue weighted by molar-refractivity contribution is -0.120. The summed E-state index contributed by atoms with van der Waals surface area (Å²) in [6, 6.07) is 4.35. The van der Waals surface area contributed by atoms with E-state index in [0.29, 0.717) is 5.04 Å². The van der Waals surface area contributed by atoms with E-state index in [1.54, 1.807) is 6.26 Å². The van der Waals surface area contributed by atoms with Gasteiger partial charge in [0.1, 0.15) is 5.92 Å². The molecule has 102 valence electrons. The molecule has 1 heterocycles. The Morgan fingerprint density at radius 2 is 2.37 bits per heavy atom. The molecule has 0 saturated heterocycles. The lowest BCUT2D eigenvalue weighted by Crippen LogP contribution is -2.35. The fourth-order valence-electron chi connectivity index (χ4n) is 1.84. The van der Waals surface area contributed by atoms with Crippen molar-refractivity contribution >= 4 is 40.0 Å². The molecule has 0 bridgehead atoms. The van der Waals surface area contributed by atoms with Gasteiger partial charge in [0.05, 0.1) is 28.4 Å². The number of anilines is 1. The molecule has 2 atom stereocenters. The van der Waals surface area contributed by atoms with E-state index in [0.717, 1.165) is 0 Å². The number of amides is 1. The summed E-state index contributed by atoms with van der Waals surface area (Å²) in [7, 11) is 0. The molecule has 4 nitrogen and oxygen atoms in total.